The Balaban J connectivity index is 3.18. The molecule has 1 aromatic rings. The summed E-state index contributed by atoms with van der Waals surface area (Å²) in [5, 5.41) is 7.04. The molecule has 0 aromatic heterocycles. The molecule has 0 aliphatic rings. The van der Waals surface area contributed by atoms with E-state index in [9.17, 15) is 0 Å². The maximum atomic E-state index is 7.04. The number of nitrogens with one attached hydrogen (secondary N) is 1. The van der Waals surface area contributed by atoms with Crippen LogP contribution in [0.5, 0.6) is 5.75 Å². The highest BCUT2D eigenvalue weighted by Crippen LogP contribution is 2.19. The van der Waals surface area contributed by atoms with Gasteiger partial charge in [-0.15, -0.1) is 0 Å². The summed E-state index contributed by atoms with van der Waals surface area (Å²) in [6.45, 7) is 3.66. The first-order chi connectivity index (χ1) is 5.81. The van der Waals surface area contributed by atoms with Crippen molar-refractivity contribution in [1.82, 2.24) is 0 Å². The van der Waals surface area contributed by atoms with Gasteiger partial charge in [-0.25, -0.2) is 0 Å². The van der Waals surface area contributed by atoms with Crippen LogP contribution in [0.3, 0.4) is 0 Å². The SMILES string of the molecule is C=Cc1cc(C=N)ccc1OC. The fourth-order valence-electron chi connectivity index (χ4n) is 1.00. The summed E-state index contributed by atoms with van der Waals surface area (Å²) >= 11 is 0. The lowest BCUT2D eigenvalue weighted by Crippen LogP contribution is -1.88. The third kappa shape index (κ3) is 1.53. The van der Waals surface area contributed by atoms with Gasteiger partial charge in [0.15, 0.2) is 0 Å². The van der Waals surface area contributed by atoms with E-state index in [-0.39, 0.29) is 0 Å². The summed E-state index contributed by atoms with van der Waals surface area (Å²) in [5.74, 6) is 0.788. The zero-order chi connectivity index (χ0) is 8.97. The molecular weight excluding hydrogens is 150 g/mol. The van der Waals surface area contributed by atoms with Crippen molar-refractivity contribution in [1.29, 1.82) is 5.41 Å². The molecule has 1 rings (SSSR count). The monoisotopic (exact) mass is 161 g/mol. The van der Waals surface area contributed by atoms with Gasteiger partial charge in [0.05, 0.1) is 7.11 Å². The molecule has 0 aliphatic heterocycles. The van der Waals surface area contributed by atoms with Gasteiger partial charge in [0.2, 0.25) is 0 Å². The van der Waals surface area contributed by atoms with Gasteiger partial charge >= 0.3 is 0 Å². The average Bonchev–Trinajstić information content (AvgIpc) is 2.16. The van der Waals surface area contributed by atoms with Crippen LogP contribution in [0.25, 0.3) is 6.08 Å². The second-order valence-electron chi connectivity index (χ2n) is 2.35. The van der Waals surface area contributed by atoms with Crippen LogP contribution in [0.4, 0.5) is 0 Å². The van der Waals surface area contributed by atoms with Gasteiger partial charge < -0.3 is 10.1 Å². The van der Waals surface area contributed by atoms with Crippen LogP contribution in [0.2, 0.25) is 0 Å². The number of hydrogen-bond acceptors (Lipinski definition) is 2. The smallest absolute Gasteiger partial charge is 0.126 e. The Bertz CT molecular complexity index is 305. The van der Waals surface area contributed by atoms with E-state index in [4.69, 9.17) is 10.1 Å². The maximum absolute atomic E-state index is 7.04. The summed E-state index contributed by atoms with van der Waals surface area (Å²) in [7, 11) is 1.62. The van der Waals surface area contributed by atoms with E-state index in [0.29, 0.717) is 0 Å². The van der Waals surface area contributed by atoms with Crippen LogP contribution in [-0.2, 0) is 0 Å². The molecule has 2 nitrogen and oxygen atoms in total. The zero-order valence-corrected chi connectivity index (χ0v) is 7.00. The zero-order valence-electron chi connectivity index (χ0n) is 7.00. The van der Waals surface area contributed by atoms with Crippen LogP contribution in [0.15, 0.2) is 24.8 Å². The average molecular weight is 161 g/mol. The van der Waals surface area contributed by atoms with Crippen LogP contribution < -0.4 is 4.74 Å². The number of rotatable bonds is 3. The molecule has 0 unspecified atom stereocenters. The molecule has 0 saturated carbocycles. The Hall–Kier alpha value is -1.57. The lowest BCUT2D eigenvalue weighted by molar-refractivity contribution is 0.414. The van der Waals surface area contributed by atoms with Crippen molar-refractivity contribution in [3.8, 4) is 5.75 Å². The van der Waals surface area contributed by atoms with E-state index >= 15 is 0 Å². The molecule has 0 atom stereocenters. The predicted molar refractivity (Wildman–Crippen MR) is 51.0 cm³/mol. The highest BCUT2D eigenvalue weighted by Gasteiger charge is 1.98. The minimum Gasteiger partial charge on any atom is -0.496 e. The van der Waals surface area contributed by atoms with Crippen molar-refractivity contribution in [2.75, 3.05) is 7.11 Å². The van der Waals surface area contributed by atoms with Crippen molar-refractivity contribution in [2.45, 2.75) is 0 Å². The van der Waals surface area contributed by atoms with Crippen molar-refractivity contribution < 1.29 is 4.74 Å². The van der Waals surface area contributed by atoms with Gasteiger partial charge in [-0.2, -0.15) is 0 Å². The number of ether oxygens (including phenoxy) is 1. The third-order valence-corrected chi connectivity index (χ3v) is 1.64. The van der Waals surface area contributed by atoms with Crippen LogP contribution in [-0.4, -0.2) is 13.3 Å². The Morgan fingerprint density at radius 2 is 2.25 bits per heavy atom. The Kier molecular flexibility index (Phi) is 2.64. The molecule has 0 heterocycles. The van der Waals surface area contributed by atoms with Crippen molar-refractivity contribution in [3.05, 3.63) is 35.9 Å². The highest BCUT2D eigenvalue weighted by molar-refractivity contribution is 5.79. The van der Waals surface area contributed by atoms with Gasteiger partial charge in [-0.3, -0.25) is 0 Å². The van der Waals surface area contributed by atoms with Gasteiger partial charge in [0.25, 0.3) is 0 Å². The summed E-state index contributed by atoms with van der Waals surface area (Å²) in [6.07, 6.45) is 3.01. The normalized spacial score (nSPS) is 9.08. The first kappa shape index (κ1) is 8.53. The van der Waals surface area contributed by atoms with Crippen LogP contribution in [0.1, 0.15) is 11.1 Å². The topological polar surface area (TPSA) is 33.1 Å². The second kappa shape index (κ2) is 3.72. The number of benzene rings is 1. The quantitative estimate of drug-likeness (QED) is 0.678. The molecule has 0 spiro atoms. The minimum atomic E-state index is 0.788. The summed E-state index contributed by atoms with van der Waals surface area (Å²) in [5.41, 5.74) is 1.77. The molecule has 0 aliphatic carbocycles. The van der Waals surface area contributed by atoms with Gasteiger partial charge in [0, 0.05) is 11.8 Å². The molecule has 0 bridgehead atoms. The van der Waals surface area contributed by atoms with Crippen molar-refractivity contribution >= 4 is 12.3 Å². The second-order valence-corrected chi connectivity index (χ2v) is 2.35. The van der Waals surface area contributed by atoms with E-state index in [2.05, 4.69) is 6.58 Å². The first-order valence-corrected chi connectivity index (χ1v) is 3.62. The van der Waals surface area contributed by atoms with E-state index in [1.165, 1.54) is 6.21 Å². The molecular formula is C10H11NO. The minimum absolute atomic E-state index is 0.788. The molecule has 1 N–H and O–H groups in total. The molecule has 0 amide bonds. The lowest BCUT2D eigenvalue weighted by Gasteiger charge is -2.04. The standard InChI is InChI=1S/C10H11NO/c1-3-9-6-8(7-11)4-5-10(9)12-2/h3-7,11H,1H2,2H3. The van der Waals surface area contributed by atoms with Gasteiger partial charge in [-0.05, 0) is 23.8 Å². The summed E-state index contributed by atoms with van der Waals surface area (Å²) < 4.78 is 5.09. The fourth-order valence-corrected chi connectivity index (χ4v) is 1.00. The number of hydrogen-bond donors (Lipinski definition) is 1. The summed E-state index contributed by atoms with van der Waals surface area (Å²) in [6, 6.07) is 5.52. The van der Waals surface area contributed by atoms with E-state index in [0.717, 1.165) is 16.9 Å². The first-order valence-electron chi connectivity index (χ1n) is 3.62. The Morgan fingerprint density at radius 3 is 2.75 bits per heavy atom. The molecule has 12 heavy (non-hydrogen) atoms. The van der Waals surface area contributed by atoms with E-state index in [1.54, 1.807) is 13.2 Å². The number of methoxy groups -OCH3 is 1. The molecule has 0 fully saturated rings. The molecule has 0 saturated heterocycles. The largest absolute Gasteiger partial charge is 0.496 e. The van der Waals surface area contributed by atoms with Crippen molar-refractivity contribution in [2.24, 2.45) is 0 Å². The van der Waals surface area contributed by atoms with Crippen LogP contribution in [0, 0.1) is 5.41 Å². The predicted octanol–water partition coefficient (Wildman–Crippen LogP) is 2.34. The van der Waals surface area contributed by atoms with E-state index in [1.807, 2.05) is 18.2 Å². The molecule has 62 valence electrons. The maximum Gasteiger partial charge on any atom is 0.126 e. The molecule has 2 heteroatoms. The van der Waals surface area contributed by atoms with E-state index < -0.39 is 0 Å². The highest BCUT2D eigenvalue weighted by atomic mass is 16.5. The molecule has 1 aromatic carbocycles. The van der Waals surface area contributed by atoms with Gasteiger partial charge in [-0.1, -0.05) is 12.7 Å². The third-order valence-electron chi connectivity index (χ3n) is 1.64. The Labute approximate surface area is 72.0 Å². The summed E-state index contributed by atoms with van der Waals surface area (Å²) in [4.78, 5) is 0. The van der Waals surface area contributed by atoms with Gasteiger partial charge in [0.1, 0.15) is 5.75 Å². The van der Waals surface area contributed by atoms with Crippen LogP contribution >= 0.6 is 0 Å². The molecule has 0 radical (unpaired) electrons. The Morgan fingerprint density at radius 1 is 1.50 bits per heavy atom. The fraction of sp³-hybridized carbons (Fsp3) is 0.100. The lowest BCUT2D eigenvalue weighted by atomic mass is 10.1. The van der Waals surface area contributed by atoms with Crippen molar-refractivity contribution in [3.63, 3.8) is 0 Å².